The van der Waals surface area contributed by atoms with E-state index in [1.165, 1.54) is 0 Å². The molecule has 0 saturated heterocycles. The van der Waals surface area contributed by atoms with Crippen LogP contribution in [0.25, 0.3) is 0 Å². The van der Waals surface area contributed by atoms with Gasteiger partial charge in [-0.1, -0.05) is 13.8 Å². The number of carboxylic acid groups (broad SMARTS) is 1. The summed E-state index contributed by atoms with van der Waals surface area (Å²) in [5, 5.41) is 10.6. The third-order valence-electron chi connectivity index (χ3n) is 1.65. The highest BCUT2D eigenvalue weighted by molar-refractivity contribution is 5.75. The van der Waals surface area contributed by atoms with Crippen molar-refractivity contribution in [2.45, 2.75) is 33.2 Å². The van der Waals surface area contributed by atoms with E-state index in [1.807, 2.05) is 5.32 Å². The number of aliphatic carboxylic acids is 1. The van der Waals surface area contributed by atoms with E-state index in [2.05, 4.69) is 13.8 Å². The first-order chi connectivity index (χ1) is 4.86. The second-order valence-corrected chi connectivity index (χ2v) is 3.86. The summed E-state index contributed by atoms with van der Waals surface area (Å²) in [5.41, 5.74) is -0.676. The maximum absolute atomic E-state index is 10.6. The van der Waals surface area contributed by atoms with Crippen LogP contribution < -0.4 is 5.32 Å². The van der Waals surface area contributed by atoms with E-state index in [0.29, 0.717) is 5.92 Å². The Morgan fingerprint density at radius 3 is 2.27 bits per heavy atom. The predicted octanol–water partition coefficient (Wildman–Crippen LogP) is 0.0690. The van der Waals surface area contributed by atoms with E-state index in [1.54, 1.807) is 13.8 Å². The standard InChI is InChI=1S/C8H17NO2/c1-6(2)5-9-8(3,4)7(10)11/h6,9H,5H2,1-4H3,(H,10,11)/p+1. The fraction of sp³-hybridized carbons (Fsp3) is 0.875. The largest absolute Gasteiger partial charge is 0.477 e. The van der Waals surface area contributed by atoms with Crippen LogP contribution in [0.1, 0.15) is 27.7 Å². The Kier molecular flexibility index (Phi) is 3.52. The molecule has 0 spiro atoms. The van der Waals surface area contributed by atoms with Crippen LogP contribution in [0, 0.1) is 5.92 Å². The lowest BCUT2D eigenvalue weighted by molar-refractivity contribution is -0.711. The van der Waals surface area contributed by atoms with Crippen LogP contribution in [0.5, 0.6) is 0 Å². The molecule has 0 aromatic rings. The summed E-state index contributed by atoms with van der Waals surface area (Å²) in [6, 6.07) is 0. The van der Waals surface area contributed by atoms with E-state index in [4.69, 9.17) is 5.11 Å². The van der Waals surface area contributed by atoms with Gasteiger partial charge in [0.05, 0.1) is 6.54 Å². The maximum atomic E-state index is 10.6. The molecule has 0 unspecified atom stereocenters. The van der Waals surface area contributed by atoms with Crippen molar-refractivity contribution in [2.24, 2.45) is 5.92 Å². The smallest absolute Gasteiger partial charge is 0.364 e. The lowest BCUT2D eigenvalue weighted by Gasteiger charge is -2.18. The van der Waals surface area contributed by atoms with Gasteiger partial charge in [0, 0.05) is 19.8 Å². The first-order valence-corrected chi connectivity index (χ1v) is 3.94. The van der Waals surface area contributed by atoms with Crippen molar-refractivity contribution in [3.05, 3.63) is 0 Å². The number of quaternary nitrogens is 1. The monoisotopic (exact) mass is 160 g/mol. The molecule has 3 heteroatoms. The van der Waals surface area contributed by atoms with E-state index >= 15 is 0 Å². The number of hydrogen-bond acceptors (Lipinski definition) is 1. The normalized spacial score (nSPS) is 12.1. The molecule has 0 amide bonds. The fourth-order valence-corrected chi connectivity index (χ4v) is 0.618. The van der Waals surface area contributed by atoms with Crippen molar-refractivity contribution in [1.82, 2.24) is 0 Å². The van der Waals surface area contributed by atoms with Crippen LogP contribution in [0.15, 0.2) is 0 Å². The highest BCUT2D eigenvalue weighted by Crippen LogP contribution is 1.94. The molecule has 0 fully saturated rings. The Labute approximate surface area is 67.8 Å². The molecule has 0 atom stereocenters. The van der Waals surface area contributed by atoms with Gasteiger partial charge in [-0.2, -0.15) is 0 Å². The van der Waals surface area contributed by atoms with Crippen molar-refractivity contribution in [1.29, 1.82) is 0 Å². The molecule has 0 radical (unpaired) electrons. The summed E-state index contributed by atoms with van der Waals surface area (Å²) in [7, 11) is 0. The second kappa shape index (κ2) is 3.72. The minimum atomic E-state index is -0.752. The van der Waals surface area contributed by atoms with Gasteiger partial charge in [0.15, 0.2) is 5.54 Å². The molecule has 0 rings (SSSR count). The first-order valence-electron chi connectivity index (χ1n) is 3.94. The molecule has 0 aromatic heterocycles. The molecule has 11 heavy (non-hydrogen) atoms. The summed E-state index contributed by atoms with van der Waals surface area (Å²) in [5.74, 6) is -0.216. The van der Waals surface area contributed by atoms with Crippen molar-refractivity contribution in [2.75, 3.05) is 6.54 Å². The summed E-state index contributed by atoms with van der Waals surface area (Å²) < 4.78 is 0. The number of carbonyl (C=O) groups is 1. The van der Waals surface area contributed by atoms with Gasteiger partial charge in [0.1, 0.15) is 0 Å². The predicted molar refractivity (Wildman–Crippen MR) is 43.3 cm³/mol. The van der Waals surface area contributed by atoms with Gasteiger partial charge in [-0.05, 0) is 0 Å². The van der Waals surface area contributed by atoms with Crippen molar-refractivity contribution < 1.29 is 15.2 Å². The molecular formula is C8H18NO2+. The average molecular weight is 160 g/mol. The van der Waals surface area contributed by atoms with E-state index < -0.39 is 11.5 Å². The number of rotatable bonds is 4. The lowest BCUT2D eigenvalue weighted by atomic mass is 10.1. The zero-order chi connectivity index (χ0) is 9.07. The van der Waals surface area contributed by atoms with Crippen molar-refractivity contribution in [3.63, 3.8) is 0 Å². The van der Waals surface area contributed by atoms with Crippen molar-refractivity contribution >= 4 is 5.97 Å². The van der Waals surface area contributed by atoms with Crippen LogP contribution >= 0.6 is 0 Å². The Balaban J connectivity index is 3.83. The summed E-state index contributed by atoms with van der Waals surface area (Å²) in [4.78, 5) is 10.6. The van der Waals surface area contributed by atoms with Gasteiger partial charge in [-0.25, -0.2) is 4.79 Å². The summed E-state index contributed by atoms with van der Waals surface area (Å²) in [6.45, 7) is 8.46. The zero-order valence-electron chi connectivity index (χ0n) is 7.72. The Bertz CT molecular complexity index is 141. The van der Waals surface area contributed by atoms with E-state index in [-0.39, 0.29) is 0 Å². The van der Waals surface area contributed by atoms with Crippen molar-refractivity contribution in [3.8, 4) is 0 Å². The third kappa shape index (κ3) is 3.98. The number of nitrogens with two attached hydrogens (primary N) is 1. The second-order valence-electron chi connectivity index (χ2n) is 3.86. The van der Waals surface area contributed by atoms with Gasteiger partial charge >= 0.3 is 5.97 Å². The average Bonchev–Trinajstić information content (AvgIpc) is 1.84. The molecule has 0 bridgehead atoms. The van der Waals surface area contributed by atoms with Crippen LogP contribution in [0.4, 0.5) is 0 Å². The quantitative estimate of drug-likeness (QED) is 0.611. The van der Waals surface area contributed by atoms with Gasteiger partial charge in [0.25, 0.3) is 0 Å². The van der Waals surface area contributed by atoms with E-state index in [9.17, 15) is 4.79 Å². The maximum Gasteiger partial charge on any atom is 0.364 e. The Hall–Kier alpha value is -0.570. The Morgan fingerprint density at radius 2 is 2.00 bits per heavy atom. The first kappa shape index (κ1) is 10.4. The molecule has 0 aromatic carbocycles. The molecule has 3 N–H and O–H groups in total. The molecule has 0 saturated carbocycles. The van der Waals surface area contributed by atoms with Crippen LogP contribution in [0.2, 0.25) is 0 Å². The van der Waals surface area contributed by atoms with Gasteiger partial charge < -0.3 is 10.4 Å². The summed E-state index contributed by atoms with van der Waals surface area (Å²) in [6.07, 6.45) is 0. The van der Waals surface area contributed by atoms with Gasteiger partial charge in [-0.3, -0.25) is 0 Å². The molecule has 0 aliphatic heterocycles. The minimum absolute atomic E-state index is 0.536. The molecule has 0 aliphatic rings. The Morgan fingerprint density at radius 1 is 1.55 bits per heavy atom. The number of carboxylic acids is 1. The highest BCUT2D eigenvalue weighted by atomic mass is 16.4. The third-order valence-corrected chi connectivity index (χ3v) is 1.65. The van der Waals surface area contributed by atoms with E-state index in [0.717, 1.165) is 6.54 Å². The van der Waals surface area contributed by atoms with Gasteiger partial charge in [0.2, 0.25) is 0 Å². The zero-order valence-corrected chi connectivity index (χ0v) is 7.72. The van der Waals surface area contributed by atoms with Crippen LogP contribution in [-0.2, 0) is 4.79 Å². The molecule has 0 heterocycles. The van der Waals surface area contributed by atoms with Gasteiger partial charge in [-0.15, -0.1) is 0 Å². The highest BCUT2D eigenvalue weighted by Gasteiger charge is 2.30. The summed E-state index contributed by atoms with van der Waals surface area (Å²) >= 11 is 0. The SMILES string of the molecule is CC(C)C[NH2+]C(C)(C)C(=O)O. The topological polar surface area (TPSA) is 53.9 Å². The molecular weight excluding hydrogens is 142 g/mol. The fourth-order valence-electron chi connectivity index (χ4n) is 0.618. The van der Waals surface area contributed by atoms with Crippen LogP contribution in [-0.4, -0.2) is 23.2 Å². The lowest BCUT2D eigenvalue weighted by Crippen LogP contribution is -2.98. The number of hydrogen-bond donors (Lipinski definition) is 2. The minimum Gasteiger partial charge on any atom is -0.477 e. The molecule has 66 valence electrons. The molecule has 3 nitrogen and oxygen atoms in total. The molecule has 0 aliphatic carbocycles. The van der Waals surface area contributed by atoms with Crippen LogP contribution in [0.3, 0.4) is 0 Å².